The summed E-state index contributed by atoms with van der Waals surface area (Å²) in [5.74, 6) is 0.838. The molecule has 27 heavy (non-hydrogen) atoms. The molecule has 146 valence electrons. The molecule has 5 heteroatoms. The van der Waals surface area contributed by atoms with Crippen LogP contribution in [-0.4, -0.2) is 57.3 Å². The van der Waals surface area contributed by atoms with E-state index in [0.717, 1.165) is 43.0 Å². The number of nitrogens with zero attached hydrogens (tertiary/aromatic N) is 1. The number of phenols is 1. The zero-order valence-electron chi connectivity index (χ0n) is 15.7. The van der Waals surface area contributed by atoms with Gasteiger partial charge in [-0.05, 0) is 74.2 Å². The molecule has 3 N–H and O–H groups in total. The summed E-state index contributed by atoms with van der Waals surface area (Å²) in [4.78, 5) is 15.4. The zero-order chi connectivity index (χ0) is 18.8. The van der Waals surface area contributed by atoms with E-state index < -0.39 is 11.0 Å². The molecule has 1 heterocycles. The number of rotatable bonds is 4. The Morgan fingerprint density at radius 2 is 2.07 bits per heavy atom. The lowest BCUT2D eigenvalue weighted by Crippen LogP contribution is -2.74. The number of piperidine rings is 1. The maximum Gasteiger partial charge on any atom is 0.137 e. The van der Waals surface area contributed by atoms with Crippen molar-refractivity contribution in [2.45, 2.75) is 62.0 Å². The molecule has 3 fully saturated rings. The Labute approximate surface area is 160 Å². The van der Waals surface area contributed by atoms with Gasteiger partial charge in [-0.1, -0.05) is 6.07 Å². The summed E-state index contributed by atoms with van der Waals surface area (Å²) in [7, 11) is 0. The molecule has 1 aliphatic heterocycles. The Morgan fingerprint density at radius 3 is 2.81 bits per heavy atom. The number of hydrogen-bond donors (Lipinski definition) is 3. The van der Waals surface area contributed by atoms with Gasteiger partial charge in [-0.3, -0.25) is 9.69 Å². The van der Waals surface area contributed by atoms with E-state index in [-0.39, 0.29) is 30.1 Å². The third-order valence-electron chi connectivity index (χ3n) is 7.82. The van der Waals surface area contributed by atoms with Crippen LogP contribution in [0.25, 0.3) is 0 Å². The van der Waals surface area contributed by atoms with Crippen LogP contribution < -0.4 is 0 Å². The number of phenolic OH excluding ortho intramolecular Hbond substituents is 1. The number of aliphatic hydroxyl groups is 2. The molecular weight excluding hydrogens is 342 g/mol. The first-order valence-electron chi connectivity index (χ1n) is 10.4. The largest absolute Gasteiger partial charge is 0.508 e. The second-order valence-corrected chi connectivity index (χ2v) is 9.31. The normalized spacial score (nSPS) is 38.4. The Hall–Kier alpha value is -1.43. The van der Waals surface area contributed by atoms with Gasteiger partial charge < -0.3 is 15.3 Å². The SMILES string of the molecule is O=C1C[C@]23CCN(CC4CC4)[C@H](Cc4ccc(O)cc42)[C@]3(O)C[C@@H]1CCO. The van der Waals surface area contributed by atoms with Crippen molar-refractivity contribution in [3.05, 3.63) is 29.3 Å². The van der Waals surface area contributed by atoms with Crippen LogP contribution in [-0.2, 0) is 16.6 Å². The molecule has 4 atom stereocenters. The standard InChI is InChI=1S/C22H29NO4/c24-8-5-16-11-22(27)20-9-15-3-4-17(25)10-18(15)21(22,12-19(16)26)6-7-23(20)13-14-1-2-14/h3-4,10,14,16,20,24-25,27H,1-2,5-9,11-13H2/t16-,20+,21+,22+/m0/s1. The molecule has 5 rings (SSSR count). The summed E-state index contributed by atoms with van der Waals surface area (Å²) in [6, 6.07) is 5.49. The molecule has 3 aliphatic carbocycles. The lowest BCUT2D eigenvalue weighted by molar-refractivity contribution is -0.182. The summed E-state index contributed by atoms with van der Waals surface area (Å²) in [5, 5.41) is 31.7. The number of aromatic hydroxyl groups is 1. The molecule has 1 saturated heterocycles. The van der Waals surface area contributed by atoms with Crippen LogP contribution in [0.1, 0.15) is 49.7 Å². The molecule has 0 radical (unpaired) electrons. The first-order chi connectivity index (χ1) is 13.0. The van der Waals surface area contributed by atoms with Crippen molar-refractivity contribution in [3.63, 3.8) is 0 Å². The molecule has 0 unspecified atom stereocenters. The van der Waals surface area contributed by atoms with Crippen molar-refractivity contribution in [1.82, 2.24) is 4.90 Å². The second kappa shape index (κ2) is 6.03. The Morgan fingerprint density at radius 1 is 1.26 bits per heavy atom. The second-order valence-electron chi connectivity index (χ2n) is 9.31. The van der Waals surface area contributed by atoms with Crippen molar-refractivity contribution in [2.24, 2.45) is 11.8 Å². The number of hydrogen-bond acceptors (Lipinski definition) is 5. The fraction of sp³-hybridized carbons (Fsp3) is 0.682. The quantitative estimate of drug-likeness (QED) is 0.752. The van der Waals surface area contributed by atoms with Gasteiger partial charge in [-0.25, -0.2) is 0 Å². The van der Waals surface area contributed by atoms with Crippen LogP contribution in [0.5, 0.6) is 5.75 Å². The number of benzene rings is 1. The molecule has 2 saturated carbocycles. The number of carbonyl (C=O) groups is 1. The van der Waals surface area contributed by atoms with E-state index in [9.17, 15) is 20.1 Å². The summed E-state index contributed by atoms with van der Waals surface area (Å²) in [6.07, 6.45) is 5.25. The van der Waals surface area contributed by atoms with Crippen molar-refractivity contribution in [2.75, 3.05) is 19.7 Å². The van der Waals surface area contributed by atoms with Gasteiger partial charge >= 0.3 is 0 Å². The highest BCUT2D eigenvalue weighted by Crippen LogP contribution is 2.59. The molecule has 4 aliphatic rings. The monoisotopic (exact) mass is 371 g/mol. The van der Waals surface area contributed by atoms with E-state index in [1.807, 2.05) is 6.07 Å². The molecule has 0 aromatic heterocycles. The van der Waals surface area contributed by atoms with Crippen molar-refractivity contribution in [1.29, 1.82) is 0 Å². The predicted molar refractivity (Wildman–Crippen MR) is 101 cm³/mol. The van der Waals surface area contributed by atoms with E-state index in [1.54, 1.807) is 12.1 Å². The summed E-state index contributed by atoms with van der Waals surface area (Å²) < 4.78 is 0. The number of ketones is 1. The third-order valence-corrected chi connectivity index (χ3v) is 7.82. The predicted octanol–water partition coefficient (Wildman–Crippen LogP) is 1.76. The van der Waals surface area contributed by atoms with E-state index in [1.165, 1.54) is 12.8 Å². The van der Waals surface area contributed by atoms with Crippen LogP contribution in [0.2, 0.25) is 0 Å². The Bertz CT molecular complexity index is 776. The lowest BCUT2D eigenvalue weighted by Gasteiger charge is -2.64. The van der Waals surface area contributed by atoms with Crippen molar-refractivity contribution >= 4 is 5.78 Å². The number of aliphatic hydroxyl groups excluding tert-OH is 1. The number of carbonyl (C=O) groups excluding carboxylic acids is 1. The van der Waals surface area contributed by atoms with Gasteiger partial charge in [0.25, 0.3) is 0 Å². The van der Waals surface area contributed by atoms with Gasteiger partial charge in [0, 0.05) is 36.9 Å². The third kappa shape index (κ3) is 2.51. The topological polar surface area (TPSA) is 81.0 Å². The van der Waals surface area contributed by atoms with E-state index in [0.29, 0.717) is 19.3 Å². The molecule has 1 aromatic rings. The van der Waals surface area contributed by atoms with Gasteiger partial charge in [0.1, 0.15) is 11.5 Å². The number of fused-ring (bicyclic) bond motifs is 1. The molecule has 2 bridgehead atoms. The van der Waals surface area contributed by atoms with E-state index >= 15 is 0 Å². The Kier molecular flexibility index (Phi) is 3.94. The van der Waals surface area contributed by atoms with Gasteiger partial charge in [0.05, 0.1) is 5.60 Å². The van der Waals surface area contributed by atoms with Gasteiger partial charge in [-0.15, -0.1) is 0 Å². The van der Waals surface area contributed by atoms with Gasteiger partial charge in [-0.2, -0.15) is 0 Å². The highest BCUT2D eigenvalue weighted by molar-refractivity contribution is 5.85. The number of likely N-dealkylation sites (tertiary alicyclic amines) is 1. The molecule has 1 aromatic carbocycles. The fourth-order valence-electron chi connectivity index (χ4n) is 6.26. The highest BCUT2D eigenvalue weighted by Gasteiger charge is 2.66. The summed E-state index contributed by atoms with van der Waals surface area (Å²) in [6.45, 7) is 1.92. The minimum absolute atomic E-state index is 0.0122. The smallest absolute Gasteiger partial charge is 0.137 e. The van der Waals surface area contributed by atoms with Crippen LogP contribution in [0.3, 0.4) is 0 Å². The van der Waals surface area contributed by atoms with Crippen molar-refractivity contribution in [3.8, 4) is 5.75 Å². The van der Waals surface area contributed by atoms with Gasteiger partial charge in [0.2, 0.25) is 0 Å². The van der Waals surface area contributed by atoms with E-state index in [4.69, 9.17) is 0 Å². The van der Waals surface area contributed by atoms with Gasteiger partial charge in [0.15, 0.2) is 0 Å². The summed E-state index contributed by atoms with van der Waals surface area (Å²) >= 11 is 0. The maximum atomic E-state index is 12.9. The first-order valence-corrected chi connectivity index (χ1v) is 10.4. The molecular formula is C22H29NO4. The summed E-state index contributed by atoms with van der Waals surface area (Å²) in [5.41, 5.74) is 0.557. The minimum Gasteiger partial charge on any atom is -0.508 e. The minimum atomic E-state index is -0.977. The molecule has 0 amide bonds. The highest BCUT2D eigenvalue weighted by atomic mass is 16.3. The maximum absolute atomic E-state index is 12.9. The van der Waals surface area contributed by atoms with E-state index in [2.05, 4.69) is 4.90 Å². The van der Waals surface area contributed by atoms with Crippen LogP contribution in [0, 0.1) is 11.8 Å². The zero-order valence-corrected chi connectivity index (χ0v) is 15.7. The molecule has 0 spiro atoms. The van der Waals surface area contributed by atoms with Crippen LogP contribution in [0.4, 0.5) is 0 Å². The lowest BCUT2D eigenvalue weighted by atomic mass is 9.47. The average Bonchev–Trinajstić information content (AvgIpc) is 3.44. The van der Waals surface area contributed by atoms with Crippen LogP contribution in [0.15, 0.2) is 18.2 Å². The molecule has 5 nitrogen and oxygen atoms in total. The number of Topliss-reactive ketones (excluding diaryl/α,β-unsaturated/α-hetero) is 1. The average molecular weight is 371 g/mol. The van der Waals surface area contributed by atoms with Crippen LogP contribution >= 0.6 is 0 Å². The van der Waals surface area contributed by atoms with Crippen molar-refractivity contribution < 1.29 is 20.1 Å². The Balaban J connectivity index is 1.62. The first kappa shape index (κ1) is 17.7. The fourth-order valence-corrected chi connectivity index (χ4v) is 6.26.